The molecule has 0 saturated heterocycles. The molecule has 1 aliphatic carbocycles. The predicted molar refractivity (Wildman–Crippen MR) is 111 cm³/mol. The third-order valence-electron chi connectivity index (χ3n) is 5.21. The average molecular weight is 421 g/mol. The van der Waals surface area contributed by atoms with E-state index in [1.807, 2.05) is 19.1 Å². The van der Waals surface area contributed by atoms with Crippen LogP contribution < -0.4 is 10.1 Å². The van der Waals surface area contributed by atoms with E-state index >= 15 is 0 Å². The second-order valence-corrected chi connectivity index (χ2v) is 7.70. The van der Waals surface area contributed by atoms with E-state index in [9.17, 15) is 9.59 Å². The summed E-state index contributed by atoms with van der Waals surface area (Å²) in [6.07, 6.45) is 1.91. The van der Waals surface area contributed by atoms with Gasteiger partial charge < -0.3 is 19.6 Å². The monoisotopic (exact) mass is 421 g/mol. The molecule has 8 nitrogen and oxygen atoms in total. The van der Waals surface area contributed by atoms with Crippen molar-refractivity contribution in [3.05, 3.63) is 77.0 Å². The van der Waals surface area contributed by atoms with E-state index in [0.29, 0.717) is 17.6 Å². The summed E-state index contributed by atoms with van der Waals surface area (Å²) in [5.74, 6) is -0.171. The SMILES string of the molecule is Cc1nnc(C(=O)N[C@@H](C)[C@H](Oc2ccc(C(=O)O)cc2)c2ccc(C3CC3)cc2)o1. The zero-order valence-electron chi connectivity index (χ0n) is 17.2. The third kappa shape index (κ3) is 4.91. The van der Waals surface area contributed by atoms with Crippen LogP contribution in [0, 0.1) is 6.92 Å². The van der Waals surface area contributed by atoms with Gasteiger partial charge >= 0.3 is 17.8 Å². The number of aromatic carboxylic acids is 1. The Morgan fingerprint density at radius 1 is 1.10 bits per heavy atom. The molecule has 3 aromatic rings. The normalized spacial score (nSPS) is 15.2. The first-order valence-electron chi connectivity index (χ1n) is 10.1. The zero-order valence-corrected chi connectivity index (χ0v) is 17.2. The molecule has 4 rings (SSSR count). The first kappa shape index (κ1) is 20.6. The maximum Gasteiger partial charge on any atom is 0.335 e. The van der Waals surface area contributed by atoms with Crippen molar-refractivity contribution in [1.82, 2.24) is 15.5 Å². The molecule has 31 heavy (non-hydrogen) atoms. The highest BCUT2D eigenvalue weighted by Crippen LogP contribution is 2.40. The van der Waals surface area contributed by atoms with Gasteiger partial charge in [0.1, 0.15) is 11.9 Å². The van der Waals surface area contributed by atoms with Crippen molar-refractivity contribution < 1.29 is 23.8 Å². The Bertz CT molecular complexity index is 1070. The lowest BCUT2D eigenvalue weighted by Gasteiger charge is -2.26. The van der Waals surface area contributed by atoms with Crippen LogP contribution >= 0.6 is 0 Å². The molecule has 1 saturated carbocycles. The topological polar surface area (TPSA) is 115 Å². The Labute approximate surface area is 179 Å². The fourth-order valence-electron chi connectivity index (χ4n) is 3.39. The summed E-state index contributed by atoms with van der Waals surface area (Å²) in [6.45, 7) is 3.44. The molecule has 160 valence electrons. The Morgan fingerprint density at radius 2 is 1.77 bits per heavy atom. The summed E-state index contributed by atoms with van der Waals surface area (Å²) < 4.78 is 11.4. The van der Waals surface area contributed by atoms with Crippen LogP contribution in [0.4, 0.5) is 0 Å². The second-order valence-electron chi connectivity index (χ2n) is 7.70. The van der Waals surface area contributed by atoms with Gasteiger partial charge in [0.25, 0.3) is 0 Å². The van der Waals surface area contributed by atoms with Crippen LogP contribution in [0.25, 0.3) is 0 Å². The minimum atomic E-state index is -1.01. The highest BCUT2D eigenvalue weighted by molar-refractivity contribution is 5.89. The summed E-state index contributed by atoms with van der Waals surface area (Å²) in [7, 11) is 0. The Hall–Kier alpha value is -3.68. The molecule has 0 unspecified atom stereocenters. The maximum atomic E-state index is 12.5. The van der Waals surface area contributed by atoms with Gasteiger partial charge in [-0.2, -0.15) is 0 Å². The number of amides is 1. The lowest BCUT2D eigenvalue weighted by molar-refractivity contribution is 0.0696. The molecule has 1 heterocycles. The van der Waals surface area contributed by atoms with Gasteiger partial charge in [-0.15, -0.1) is 10.2 Å². The molecule has 0 aliphatic heterocycles. The van der Waals surface area contributed by atoms with Crippen molar-refractivity contribution in [1.29, 1.82) is 0 Å². The summed E-state index contributed by atoms with van der Waals surface area (Å²) in [4.78, 5) is 23.6. The number of carboxylic acid groups (broad SMARTS) is 1. The van der Waals surface area contributed by atoms with Crippen molar-refractivity contribution in [3.8, 4) is 5.75 Å². The van der Waals surface area contributed by atoms with Gasteiger partial charge in [-0.1, -0.05) is 24.3 Å². The molecule has 2 atom stereocenters. The highest BCUT2D eigenvalue weighted by Gasteiger charge is 2.27. The Morgan fingerprint density at radius 3 is 2.32 bits per heavy atom. The number of ether oxygens (including phenoxy) is 1. The first-order valence-corrected chi connectivity index (χ1v) is 10.1. The number of hydrogen-bond donors (Lipinski definition) is 2. The van der Waals surface area contributed by atoms with Crippen molar-refractivity contribution in [2.75, 3.05) is 0 Å². The maximum absolute atomic E-state index is 12.5. The number of hydrogen-bond acceptors (Lipinski definition) is 6. The van der Waals surface area contributed by atoms with E-state index in [2.05, 4.69) is 27.6 Å². The minimum absolute atomic E-state index is 0.113. The summed E-state index contributed by atoms with van der Waals surface area (Å²) in [5, 5.41) is 19.4. The van der Waals surface area contributed by atoms with Gasteiger partial charge in [0.15, 0.2) is 0 Å². The van der Waals surface area contributed by atoms with E-state index in [1.165, 1.54) is 30.5 Å². The number of carboxylic acids is 1. The average Bonchev–Trinajstić information content (AvgIpc) is 3.52. The van der Waals surface area contributed by atoms with Crippen LogP contribution in [0.2, 0.25) is 0 Å². The van der Waals surface area contributed by atoms with Gasteiger partial charge in [-0.05, 0) is 61.1 Å². The molecule has 1 fully saturated rings. The smallest absolute Gasteiger partial charge is 0.335 e. The number of nitrogens with one attached hydrogen (secondary N) is 1. The van der Waals surface area contributed by atoms with Gasteiger partial charge in [0.2, 0.25) is 5.89 Å². The van der Waals surface area contributed by atoms with Crippen molar-refractivity contribution in [2.45, 2.75) is 44.8 Å². The lowest BCUT2D eigenvalue weighted by atomic mass is 10.00. The van der Waals surface area contributed by atoms with E-state index in [-0.39, 0.29) is 11.5 Å². The number of carbonyl (C=O) groups excluding carboxylic acids is 1. The molecule has 1 amide bonds. The number of nitrogens with zero attached hydrogens (tertiary/aromatic N) is 2. The van der Waals surface area contributed by atoms with Gasteiger partial charge in [-0.25, -0.2) is 4.79 Å². The summed E-state index contributed by atoms with van der Waals surface area (Å²) in [5.41, 5.74) is 2.36. The fourth-order valence-corrected chi connectivity index (χ4v) is 3.39. The predicted octanol–water partition coefficient (Wildman–Crippen LogP) is 3.89. The summed E-state index contributed by atoms with van der Waals surface area (Å²) in [6, 6.07) is 13.9. The van der Waals surface area contributed by atoms with Gasteiger partial charge in [-0.3, -0.25) is 4.79 Å². The third-order valence-corrected chi connectivity index (χ3v) is 5.21. The van der Waals surface area contributed by atoms with Gasteiger partial charge in [0, 0.05) is 6.92 Å². The van der Waals surface area contributed by atoms with Crippen molar-refractivity contribution in [2.24, 2.45) is 0 Å². The van der Waals surface area contributed by atoms with Crippen LogP contribution in [0.5, 0.6) is 5.75 Å². The van der Waals surface area contributed by atoms with E-state index in [0.717, 1.165) is 5.56 Å². The molecule has 0 radical (unpaired) electrons. The van der Waals surface area contributed by atoms with E-state index < -0.39 is 24.0 Å². The molecule has 1 aromatic heterocycles. The molecule has 0 spiro atoms. The Kier molecular flexibility index (Phi) is 5.70. The quantitative estimate of drug-likeness (QED) is 0.567. The second kappa shape index (κ2) is 8.59. The number of rotatable bonds is 8. The molecule has 8 heteroatoms. The van der Waals surface area contributed by atoms with Crippen molar-refractivity contribution in [3.63, 3.8) is 0 Å². The lowest BCUT2D eigenvalue weighted by Crippen LogP contribution is -2.39. The van der Waals surface area contributed by atoms with Crippen LogP contribution in [0.1, 0.15) is 69.8 Å². The van der Waals surface area contributed by atoms with Crippen LogP contribution in [0.15, 0.2) is 52.9 Å². The molecule has 2 aromatic carbocycles. The van der Waals surface area contributed by atoms with Crippen LogP contribution in [0.3, 0.4) is 0 Å². The minimum Gasteiger partial charge on any atom is -0.484 e. The number of aromatic nitrogens is 2. The standard InChI is InChI=1S/C23H23N3O5/c1-13(24-21(27)22-26-25-14(2)30-22)20(17-7-5-16(6-8-17)15-3-4-15)31-19-11-9-18(10-12-19)23(28)29/h5-13,15,20H,3-4H2,1-2H3,(H,24,27)(H,28,29)/t13-,20-/m0/s1. The van der Waals surface area contributed by atoms with Crippen LogP contribution in [-0.2, 0) is 0 Å². The molecular formula is C23H23N3O5. The van der Waals surface area contributed by atoms with E-state index in [1.54, 1.807) is 19.1 Å². The molecule has 0 bridgehead atoms. The van der Waals surface area contributed by atoms with Gasteiger partial charge in [0.05, 0.1) is 11.6 Å². The highest BCUT2D eigenvalue weighted by atomic mass is 16.5. The fraction of sp³-hybridized carbons (Fsp3) is 0.304. The number of benzene rings is 2. The Balaban J connectivity index is 1.56. The van der Waals surface area contributed by atoms with E-state index in [4.69, 9.17) is 14.3 Å². The summed E-state index contributed by atoms with van der Waals surface area (Å²) >= 11 is 0. The molecular weight excluding hydrogens is 398 g/mol. The zero-order chi connectivity index (χ0) is 22.0. The first-order chi connectivity index (χ1) is 14.9. The number of aryl methyl sites for hydroxylation is 1. The molecule has 1 aliphatic rings. The largest absolute Gasteiger partial charge is 0.484 e. The molecule has 2 N–H and O–H groups in total. The van der Waals surface area contributed by atoms with Crippen molar-refractivity contribution >= 4 is 11.9 Å². The van der Waals surface area contributed by atoms with Crippen LogP contribution in [-0.4, -0.2) is 33.2 Å². The number of carbonyl (C=O) groups is 2.